The maximum Gasteiger partial charge on any atom is 0.123 e. The van der Waals surface area contributed by atoms with E-state index < -0.39 is 6.10 Å². The number of hydrogen-bond acceptors (Lipinski definition) is 3. The van der Waals surface area contributed by atoms with Crippen molar-refractivity contribution in [3.05, 3.63) is 58.9 Å². The fourth-order valence-corrected chi connectivity index (χ4v) is 1.99. The standard InChI is InChI=1S/C15H15ClFNO2/c1-20-12-5-6-13(16)14(8-12)18-9-15(19)10-3-2-4-11(17)7-10/h2-8,15,18-19H,9H2,1H3. The normalized spacial score (nSPS) is 12.0. The first-order valence-corrected chi connectivity index (χ1v) is 6.49. The van der Waals surface area contributed by atoms with Crippen LogP contribution in [-0.2, 0) is 0 Å². The Morgan fingerprint density at radius 3 is 2.80 bits per heavy atom. The average Bonchev–Trinajstić information content (AvgIpc) is 2.46. The van der Waals surface area contributed by atoms with Gasteiger partial charge in [-0.1, -0.05) is 23.7 Å². The van der Waals surface area contributed by atoms with Crippen LogP contribution in [0.2, 0.25) is 5.02 Å². The molecule has 5 heteroatoms. The minimum absolute atomic E-state index is 0.219. The Kier molecular flexibility index (Phi) is 4.82. The summed E-state index contributed by atoms with van der Waals surface area (Å²) in [4.78, 5) is 0. The number of benzene rings is 2. The molecule has 3 nitrogen and oxygen atoms in total. The Balaban J connectivity index is 2.05. The van der Waals surface area contributed by atoms with Crippen LogP contribution in [0.5, 0.6) is 5.75 Å². The first kappa shape index (κ1) is 14.6. The maximum atomic E-state index is 13.1. The molecule has 0 bridgehead atoms. The highest BCUT2D eigenvalue weighted by Crippen LogP contribution is 2.27. The van der Waals surface area contributed by atoms with Crippen LogP contribution in [-0.4, -0.2) is 18.8 Å². The molecule has 20 heavy (non-hydrogen) atoms. The molecule has 1 atom stereocenters. The molecule has 0 saturated heterocycles. The molecular weight excluding hydrogens is 281 g/mol. The highest BCUT2D eigenvalue weighted by Gasteiger charge is 2.09. The highest BCUT2D eigenvalue weighted by atomic mass is 35.5. The van der Waals surface area contributed by atoms with Gasteiger partial charge in [0.2, 0.25) is 0 Å². The van der Waals surface area contributed by atoms with Crippen LogP contribution in [0.4, 0.5) is 10.1 Å². The lowest BCUT2D eigenvalue weighted by Gasteiger charge is -2.15. The second-order valence-corrected chi connectivity index (χ2v) is 4.70. The summed E-state index contributed by atoms with van der Waals surface area (Å²) in [6.07, 6.45) is -0.826. The lowest BCUT2D eigenvalue weighted by Crippen LogP contribution is -2.12. The third kappa shape index (κ3) is 3.62. The van der Waals surface area contributed by atoms with Gasteiger partial charge in [-0.05, 0) is 29.8 Å². The zero-order chi connectivity index (χ0) is 14.5. The number of rotatable bonds is 5. The summed E-state index contributed by atoms with van der Waals surface area (Å²) in [5.74, 6) is 0.290. The van der Waals surface area contributed by atoms with Gasteiger partial charge >= 0.3 is 0 Å². The molecule has 0 heterocycles. The molecule has 2 N–H and O–H groups in total. The molecule has 0 radical (unpaired) electrons. The molecule has 1 unspecified atom stereocenters. The van der Waals surface area contributed by atoms with E-state index in [4.69, 9.17) is 16.3 Å². The minimum Gasteiger partial charge on any atom is -0.497 e. The molecule has 0 aliphatic heterocycles. The van der Waals surface area contributed by atoms with Crippen molar-refractivity contribution < 1.29 is 14.2 Å². The van der Waals surface area contributed by atoms with Gasteiger partial charge in [0.05, 0.1) is 23.9 Å². The number of halogens is 2. The summed E-state index contributed by atoms with van der Waals surface area (Å²) < 4.78 is 18.2. The lowest BCUT2D eigenvalue weighted by atomic mass is 10.1. The number of nitrogens with one attached hydrogen (secondary N) is 1. The number of ether oxygens (including phenoxy) is 1. The predicted octanol–water partition coefficient (Wildman–Crippen LogP) is 3.63. The van der Waals surface area contributed by atoms with Crippen molar-refractivity contribution in [3.8, 4) is 5.75 Å². The number of aliphatic hydroxyl groups excluding tert-OH is 1. The first-order valence-electron chi connectivity index (χ1n) is 6.11. The Bertz CT molecular complexity index is 592. The van der Waals surface area contributed by atoms with E-state index in [1.54, 1.807) is 37.4 Å². The zero-order valence-electron chi connectivity index (χ0n) is 10.9. The quantitative estimate of drug-likeness (QED) is 0.885. The lowest BCUT2D eigenvalue weighted by molar-refractivity contribution is 0.191. The predicted molar refractivity (Wildman–Crippen MR) is 77.9 cm³/mol. The summed E-state index contributed by atoms with van der Waals surface area (Å²) in [5.41, 5.74) is 1.16. The van der Waals surface area contributed by atoms with Crippen molar-refractivity contribution in [2.45, 2.75) is 6.10 Å². The molecule has 0 aromatic heterocycles. The van der Waals surface area contributed by atoms with E-state index in [0.717, 1.165) is 0 Å². The average molecular weight is 296 g/mol. The maximum absolute atomic E-state index is 13.1. The number of methoxy groups -OCH3 is 1. The molecule has 0 fully saturated rings. The van der Waals surface area contributed by atoms with Crippen LogP contribution >= 0.6 is 11.6 Å². The smallest absolute Gasteiger partial charge is 0.123 e. The van der Waals surface area contributed by atoms with Crippen LogP contribution in [0.25, 0.3) is 0 Å². The Labute approximate surface area is 122 Å². The van der Waals surface area contributed by atoms with Gasteiger partial charge in [-0.2, -0.15) is 0 Å². The zero-order valence-corrected chi connectivity index (χ0v) is 11.7. The monoisotopic (exact) mass is 295 g/mol. The number of anilines is 1. The Hall–Kier alpha value is -1.78. The van der Waals surface area contributed by atoms with Gasteiger partial charge in [0.1, 0.15) is 11.6 Å². The molecule has 0 saturated carbocycles. The van der Waals surface area contributed by atoms with Crippen molar-refractivity contribution >= 4 is 17.3 Å². The summed E-state index contributed by atoms with van der Waals surface area (Å²) in [7, 11) is 1.56. The van der Waals surface area contributed by atoms with Gasteiger partial charge in [-0.15, -0.1) is 0 Å². The number of hydrogen-bond donors (Lipinski definition) is 2. The van der Waals surface area contributed by atoms with E-state index >= 15 is 0 Å². The van der Waals surface area contributed by atoms with Crippen molar-refractivity contribution in [3.63, 3.8) is 0 Å². The third-order valence-corrected chi connectivity index (χ3v) is 3.22. The van der Waals surface area contributed by atoms with Crippen LogP contribution in [0.3, 0.4) is 0 Å². The van der Waals surface area contributed by atoms with E-state index in [2.05, 4.69) is 5.32 Å². The minimum atomic E-state index is -0.826. The molecule has 2 rings (SSSR count). The van der Waals surface area contributed by atoms with Crippen LogP contribution in [0.15, 0.2) is 42.5 Å². The Morgan fingerprint density at radius 1 is 1.30 bits per heavy atom. The second-order valence-electron chi connectivity index (χ2n) is 4.30. The van der Waals surface area contributed by atoms with Crippen molar-refractivity contribution in [1.29, 1.82) is 0 Å². The molecule has 0 spiro atoms. The fourth-order valence-electron chi connectivity index (χ4n) is 1.81. The first-order chi connectivity index (χ1) is 9.60. The molecule has 106 valence electrons. The molecule has 2 aromatic carbocycles. The summed E-state index contributed by atoms with van der Waals surface area (Å²) >= 11 is 6.05. The van der Waals surface area contributed by atoms with E-state index in [1.807, 2.05) is 0 Å². The van der Waals surface area contributed by atoms with Crippen molar-refractivity contribution in [1.82, 2.24) is 0 Å². The molecule has 0 amide bonds. The van der Waals surface area contributed by atoms with Crippen LogP contribution in [0.1, 0.15) is 11.7 Å². The van der Waals surface area contributed by atoms with E-state index in [0.29, 0.717) is 22.0 Å². The highest BCUT2D eigenvalue weighted by molar-refractivity contribution is 6.33. The van der Waals surface area contributed by atoms with Crippen molar-refractivity contribution in [2.75, 3.05) is 19.0 Å². The van der Waals surface area contributed by atoms with Crippen molar-refractivity contribution in [2.24, 2.45) is 0 Å². The van der Waals surface area contributed by atoms with Gasteiger partial charge in [-0.3, -0.25) is 0 Å². The third-order valence-electron chi connectivity index (χ3n) is 2.89. The van der Waals surface area contributed by atoms with Crippen LogP contribution < -0.4 is 10.1 Å². The van der Waals surface area contributed by atoms with Crippen LogP contribution in [0, 0.1) is 5.82 Å². The van der Waals surface area contributed by atoms with Gasteiger partial charge in [0, 0.05) is 12.6 Å². The largest absolute Gasteiger partial charge is 0.497 e. The molecule has 0 aliphatic carbocycles. The van der Waals surface area contributed by atoms with E-state index in [9.17, 15) is 9.50 Å². The van der Waals surface area contributed by atoms with Gasteiger partial charge < -0.3 is 15.2 Å². The fraction of sp³-hybridized carbons (Fsp3) is 0.200. The second kappa shape index (κ2) is 6.59. The molecular formula is C15H15ClFNO2. The Morgan fingerprint density at radius 2 is 2.10 bits per heavy atom. The SMILES string of the molecule is COc1ccc(Cl)c(NCC(O)c2cccc(F)c2)c1. The van der Waals surface area contributed by atoms with E-state index in [-0.39, 0.29) is 12.4 Å². The summed E-state index contributed by atoms with van der Waals surface area (Å²) in [5, 5.41) is 13.6. The van der Waals surface area contributed by atoms with Gasteiger partial charge in [0.15, 0.2) is 0 Å². The topological polar surface area (TPSA) is 41.5 Å². The van der Waals surface area contributed by atoms with Gasteiger partial charge in [-0.25, -0.2) is 4.39 Å². The van der Waals surface area contributed by atoms with Gasteiger partial charge in [0.25, 0.3) is 0 Å². The summed E-state index contributed by atoms with van der Waals surface area (Å²) in [6, 6.07) is 11.1. The molecule has 0 aliphatic rings. The number of aliphatic hydroxyl groups is 1. The van der Waals surface area contributed by atoms with E-state index in [1.165, 1.54) is 12.1 Å². The summed E-state index contributed by atoms with van der Waals surface area (Å²) in [6.45, 7) is 0.219. The molecule has 2 aromatic rings.